The first-order valence-corrected chi connectivity index (χ1v) is 6.86. The minimum atomic E-state index is -0.231. The Kier molecular flexibility index (Phi) is 4.59. The summed E-state index contributed by atoms with van der Waals surface area (Å²) in [6.45, 7) is 5.75. The van der Waals surface area contributed by atoms with Crippen LogP contribution in [0.4, 0.5) is 4.39 Å². The smallest absolute Gasteiger partial charge is 0.126 e. The molecular formula is C15H22FNO. The molecule has 0 amide bonds. The van der Waals surface area contributed by atoms with Crippen LogP contribution >= 0.6 is 0 Å². The first-order valence-electron chi connectivity index (χ1n) is 6.86. The number of halogens is 1. The van der Waals surface area contributed by atoms with E-state index in [-0.39, 0.29) is 11.9 Å². The summed E-state index contributed by atoms with van der Waals surface area (Å²) in [7, 11) is 0. The zero-order valence-corrected chi connectivity index (χ0v) is 11.2. The van der Waals surface area contributed by atoms with E-state index in [0.29, 0.717) is 11.7 Å². The highest BCUT2D eigenvalue weighted by molar-refractivity contribution is 5.36. The molecule has 18 heavy (non-hydrogen) atoms. The first-order chi connectivity index (χ1) is 8.70. The van der Waals surface area contributed by atoms with Crippen LogP contribution in [0.15, 0.2) is 18.2 Å². The fraction of sp³-hybridized carbons (Fsp3) is 0.600. The third-order valence-corrected chi connectivity index (χ3v) is 3.65. The lowest BCUT2D eigenvalue weighted by Gasteiger charge is -2.26. The van der Waals surface area contributed by atoms with Crippen molar-refractivity contribution in [1.82, 2.24) is 5.32 Å². The van der Waals surface area contributed by atoms with Crippen LogP contribution in [0.2, 0.25) is 0 Å². The normalized spacial score (nSPS) is 17.3. The van der Waals surface area contributed by atoms with Crippen LogP contribution in [-0.4, -0.2) is 13.2 Å². The zero-order valence-electron chi connectivity index (χ0n) is 11.2. The van der Waals surface area contributed by atoms with Crippen molar-refractivity contribution in [3.63, 3.8) is 0 Å². The molecule has 2 nitrogen and oxygen atoms in total. The molecule has 100 valence electrons. The summed E-state index contributed by atoms with van der Waals surface area (Å²) in [5.74, 6) is 1.12. The molecule has 1 aromatic rings. The molecule has 3 heteroatoms. The Morgan fingerprint density at radius 1 is 1.44 bits per heavy atom. The van der Waals surface area contributed by atoms with Crippen LogP contribution in [0.1, 0.15) is 44.7 Å². The standard InChI is InChI=1S/C15H22FNO/c1-3-17-11(2)14-8-7-13(16)9-15(14)18-10-12-5-4-6-12/h7-9,11-12,17H,3-6,10H2,1-2H3. The second-order valence-electron chi connectivity index (χ2n) is 5.07. The van der Waals surface area contributed by atoms with Crippen LogP contribution in [0, 0.1) is 11.7 Å². The summed E-state index contributed by atoms with van der Waals surface area (Å²) in [5, 5.41) is 3.33. The molecule has 1 aliphatic rings. The van der Waals surface area contributed by atoms with E-state index in [1.165, 1.54) is 31.4 Å². The summed E-state index contributed by atoms with van der Waals surface area (Å²) in [6.07, 6.45) is 3.79. The number of nitrogens with one attached hydrogen (secondary N) is 1. The van der Waals surface area contributed by atoms with Crippen molar-refractivity contribution in [2.45, 2.75) is 39.2 Å². The third kappa shape index (κ3) is 3.22. The predicted octanol–water partition coefficient (Wildman–Crippen LogP) is 3.68. The van der Waals surface area contributed by atoms with E-state index in [1.807, 2.05) is 6.07 Å². The van der Waals surface area contributed by atoms with Gasteiger partial charge in [-0.15, -0.1) is 0 Å². The van der Waals surface area contributed by atoms with Crippen molar-refractivity contribution in [2.24, 2.45) is 5.92 Å². The van der Waals surface area contributed by atoms with Gasteiger partial charge in [0.2, 0.25) is 0 Å². The molecule has 0 aliphatic heterocycles. The Labute approximate surface area is 109 Å². The van der Waals surface area contributed by atoms with Crippen molar-refractivity contribution in [2.75, 3.05) is 13.2 Å². The van der Waals surface area contributed by atoms with Gasteiger partial charge in [-0.1, -0.05) is 19.4 Å². The van der Waals surface area contributed by atoms with Crippen molar-refractivity contribution in [3.05, 3.63) is 29.6 Å². The average molecular weight is 251 g/mol. The van der Waals surface area contributed by atoms with E-state index in [9.17, 15) is 4.39 Å². The minimum Gasteiger partial charge on any atom is -0.493 e. The SMILES string of the molecule is CCNC(C)c1ccc(F)cc1OCC1CCC1. The van der Waals surface area contributed by atoms with Gasteiger partial charge < -0.3 is 10.1 Å². The van der Waals surface area contributed by atoms with Crippen molar-refractivity contribution >= 4 is 0 Å². The lowest BCUT2D eigenvalue weighted by atomic mass is 9.86. The fourth-order valence-corrected chi connectivity index (χ4v) is 2.27. The summed E-state index contributed by atoms with van der Waals surface area (Å²) >= 11 is 0. The average Bonchev–Trinajstić information content (AvgIpc) is 2.27. The molecule has 0 radical (unpaired) electrons. The van der Waals surface area contributed by atoms with Crippen LogP contribution in [0.25, 0.3) is 0 Å². The zero-order chi connectivity index (χ0) is 13.0. The molecule has 0 aromatic heterocycles. The van der Waals surface area contributed by atoms with Gasteiger partial charge >= 0.3 is 0 Å². The van der Waals surface area contributed by atoms with Crippen molar-refractivity contribution < 1.29 is 9.13 Å². The highest BCUT2D eigenvalue weighted by Crippen LogP contribution is 2.30. The number of benzene rings is 1. The molecule has 0 saturated heterocycles. The molecule has 1 saturated carbocycles. The Hall–Kier alpha value is -1.09. The van der Waals surface area contributed by atoms with E-state index in [0.717, 1.165) is 18.7 Å². The quantitative estimate of drug-likeness (QED) is 0.832. The van der Waals surface area contributed by atoms with Crippen LogP contribution in [0.3, 0.4) is 0 Å². The topological polar surface area (TPSA) is 21.3 Å². The van der Waals surface area contributed by atoms with Crippen molar-refractivity contribution in [3.8, 4) is 5.75 Å². The van der Waals surface area contributed by atoms with E-state index in [4.69, 9.17) is 4.74 Å². The van der Waals surface area contributed by atoms with Crippen LogP contribution < -0.4 is 10.1 Å². The molecule has 1 unspecified atom stereocenters. The van der Waals surface area contributed by atoms with Gasteiger partial charge in [0.15, 0.2) is 0 Å². The van der Waals surface area contributed by atoms with Gasteiger partial charge in [0.05, 0.1) is 6.61 Å². The van der Waals surface area contributed by atoms with Gasteiger partial charge in [0.1, 0.15) is 11.6 Å². The number of ether oxygens (including phenoxy) is 1. The van der Waals surface area contributed by atoms with Gasteiger partial charge in [0.25, 0.3) is 0 Å². The Balaban J connectivity index is 2.06. The predicted molar refractivity (Wildman–Crippen MR) is 71.3 cm³/mol. The second kappa shape index (κ2) is 6.19. The van der Waals surface area contributed by atoms with E-state index < -0.39 is 0 Å². The molecule has 0 spiro atoms. The van der Waals surface area contributed by atoms with Crippen molar-refractivity contribution in [1.29, 1.82) is 0 Å². The van der Waals surface area contributed by atoms with E-state index in [1.54, 1.807) is 0 Å². The maximum atomic E-state index is 13.3. The molecular weight excluding hydrogens is 229 g/mol. The lowest BCUT2D eigenvalue weighted by molar-refractivity contribution is 0.178. The highest BCUT2D eigenvalue weighted by atomic mass is 19.1. The Morgan fingerprint density at radius 3 is 2.83 bits per heavy atom. The van der Waals surface area contributed by atoms with Gasteiger partial charge in [-0.3, -0.25) is 0 Å². The van der Waals surface area contributed by atoms with Crippen LogP contribution in [0.5, 0.6) is 5.75 Å². The second-order valence-corrected chi connectivity index (χ2v) is 5.07. The number of hydrogen-bond acceptors (Lipinski definition) is 2. The third-order valence-electron chi connectivity index (χ3n) is 3.65. The molecule has 0 bridgehead atoms. The highest BCUT2D eigenvalue weighted by Gasteiger charge is 2.19. The number of rotatable bonds is 6. The molecule has 0 heterocycles. The molecule has 2 rings (SSSR count). The van der Waals surface area contributed by atoms with Gasteiger partial charge in [0, 0.05) is 17.7 Å². The Bertz CT molecular complexity index is 390. The summed E-state index contributed by atoms with van der Waals surface area (Å²) in [6, 6.07) is 5.01. The van der Waals surface area contributed by atoms with E-state index >= 15 is 0 Å². The Morgan fingerprint density at radius 2 is 2.22 bits per heavy atom. The molecule has 1 N–H and O–H groups in total. The van der Waals surface area contributed by atoms with Gasteiger partial charge in [-0.05, 0) is 38.3 Å². The molecule has 1 atom stereocenters. The van der Waals surface area contributed by atoms with Crippen LogP contribution in [-0.2, 0) is 0 Å². The molecule has 1 aliphatic carbocycles. The molecule has 1 aromatic carbocycles. The fourth-order valence-electron chi connectivity index (χ4n) is 2.27. The first kappa shape index (κ1) is 13.3. The maximum Gasteiger partial charge on any atom is 0.126 e. The van der Waals surface area contributed by atoms with E-state index in [2.05, 4.69) is 19.2 Å². The summed E-state index contributed by atoms with van der Waals surface area (Å²) < 4.78 is 19.1. The monoisotopic (exact) mass is 251 g/mol. The maximum absolute atomic E-state index is 13.3. The lowest BCUT2D eigenvalue weighted by Crippen LogP contribution is -2.22. The molecule has 1 fully saturated rings. The van der Waals surface area contributed by atoms with Gasteiger partial charge in [-0.2, -0.15) is 0 Å². The largest absolute Gasteiger partial charge is 0.493 e. The number of hydrogen-bond donors (Lipinski definition) is 1. The van der Waals surface area contributed by atoms with Gasteiger partial charge in [-0.25, -0.2) is 4.39 Å². The minimum absolute atomic E-state index is 0.187. The summed E-state index contributed by atoms with van der Waals surface area (Å²) in [4.78, 5) is 0. The summed E-state index contributed by atoms with van der Waals surface area (Å²) in [5.41, 5.74) is 1.04.